The smallest absolute Gasteiger partial charge is 0.242 e. The molecule has 2 fully saturated rings. The highest BCUT2D eigenvalue weighted by Gasteiger charge is 2.29. The minimum Gasteiger partial charge on any atom is -0.326 e. The van der Waals surface area contributed by atoms with Gasteiger partial charge < -0.3 is 10.6 Å². The molecule has 3 N–H and O–H groups in total. The second-order valence-corrected chi connectivity index (χ2v) is 6.14. The Kier molecular flexibility index (Phi) is 5.50. The van der Waals surface area contributed by atoms with Crippen molar-refractivity contribution >= 4 is 47.4 Å². The molecule has 1 heterocycles. The van der Waals surface area contributed by atoms with Gasteiger partial charge in [0.1, 0.15) is 0 Å². The molecule has 2 amide bonds. The summed E-state index contributed by atoms with van der Waals surface area (Å²) in [5, 5.41) is 8.88. The highest BCUT2D eigenvalue weighted by molar-refractivity contribution is 7.99. The van der Waals surface area contributed by atoms with Crippen molar-refractivity contribution < 1.29 is 9.59 Å². The predicted molar refractivity (Wildman–Crippen MR) is 87.9 cm³/mol. The molecule has 1 saturated heterocycles. The molecule has 7 heteroatoms. The molecule has 1 aromatic carbocycles. The lowest BCUT2D eigenvalue weighted by atomic mass is 10.2. The van der Waals surface area contributed by atoms with Gasteiger partial charge in [0.2, 0.25) is 11.8 Å². The normalized spacial score (nSPS) is 20.5. The molecule has 1 aromatic rings. The highest BCUT2D eigenvalue weighted by atomic mass is 35.5. The molecule has 2 aliphatic rings. The van der Waals surface area contributed by atoms with Crippen LogP contribution in [-0.4, -0.2) is 29.5 Å². The van der Waals surface area contributed by atoms with Gasteiger partial charge in [-0.1, -0.05) is 6.07 Å². The van der Waals surface area contributed by atoms with E-state index in [2.05, 4.69) is 16.0 Å². The summed E-state index contributed by atoms with van der Waals surface area (Å²) in [6.07, 6.45) is 1.96. The fourth-order valence-electron chi connectivity index (χ4n) is 2.06. The molecule has 1 aliphatic carbocycles. The standard InChI is InChI=1S/C14H17N3O2S.ClH/c18-13(9-4-5-9)16-10-2-1-3-11(6-10)17-14(19)12-7-20-8-15-12;/h1-3,6,9,12,15H,4-5,7-8H2,(H,16,18)(H,17,19);1H. The molecule has 0 aromatic heterocycles. The molecule has 0 bridgehead atoms. The average Bonchev–Trinajstić information content (AvgIpc) is 3.14. The number of amides is 2. The zero-order valence-electron chi connectivity index (χ0n) is 11.4. The fourth-order valence-corrected chi connectivity index (χ4v) is 3.00. The van der Waals surface area contributed by atoms with Gasteiger partial charge in [0, 0.05) is 28.9 Å². The van der Waals surface area contributed by atoms with Gasteiger partial charge in [0.15, 0.2) is 0 Å². The molecular formula is C14H18ClN3O2S. The van der Waals surface area contributed by atoms with Gasteiger partial charge in [0.25, 0.3) is 0 Å². The third-order valence-electron chi connectivity index (χ3n) is 3.38. The van der Waals surface area contributed by atoms with Crippen molar-refractivity contribution in [3.63, 3.8) is 0 Å². The molecule has 1 aliphatic heterocycles. The predicted octanol–water partition coefficient (Wildman–Crippen LogP) is 2.06. The summed E-state index contributed by atoms with van der Waals surface area (Å²) in [6.45, 7) is 0. The van der Waals surface area contributed by atoms with Gasteiger partial charge in [-0.15, -0.1) is 24.2 Å². The number of thioether (sulfide) groups is 1. The summed E-state index contributed by atoms with van der Waals surface area (Å²) < 4.78 is 0. The van der Waals surface area contributed by atoms with E-state index in [1.807, 2.05) is 18.2 Å². The van der Waals surface area contributed by atoms with Crippen LogP contribution in [0.25, 0.3) is 0 Å². The zero-order valence-corrected chi connectivity index (χ0v) is 13.1. The minimum absolute atomic E-state index is 0. The van der Waals surface area contributed by atoms with Crippen molar-refractivity contribution in [2.45, 2.75) is 18.9 Å². The Bertz CT molecular complexity index is 531. The number of carbonyl (C=O) groups excluding carboxylic acids is 2. The van der Waals surface area contributed by atoms with Crippen molar-refractivity contribution in [2.75, 3.05) is 22.3 Å². The molecule has 1 unspecified atom stereocenters. The number of anilines is 2. The van der Waals surface area contributed by atoms with Gasteiger partial charge in [-0.25, -0.2) is 0 Å². The SMILES string of the molecule is Cl.O=C(Nc1cccc(NC(=O)C2CSCN2)c1)C1CC1. The van der Waals surface area contributed by atoms with E-state index >= 15 is 0 Å². The van der Waals surface area contributed by atoms with Crippen molar-refractivity contribution in [2.24, 2.45) is 5.92 Å². The molecule has 1 atom stereocenters. The first kappa shape index (κ1) is 16.1. The second-order valence-electron chi connectivity index (χ2n) is 5.11. The third-order valence-corrected chi connectivity index (χ3v) is 4.32. The molecule has 0 radical (unpaired) electrons. The van der Waals surface area contributed by atoms with Crippen LogP contribution < -0.4 is 16.0 Å². The molecule has 0 spiro atoms. The van der Waals surface area contributed by atoms with Crippen LogP contribution in [0.2, 0.25) is 0 Å². The Labute approximate surface area is 134 Å². The van der Waals surface area contributed by atoms with Crippen LogP contribution in [0, 0.1) is 5.92 Å². The summed E-state index contributed by atoms with van der Waals surface area (Å²) in [6, 6.07) is 7.14. The molecule has 5 nitrogen and oxygen atoms in total. The molecular weight excluding hydrogens is 310 g/mol. The van der Waals surface area contributed by atoms with E-state index in [1.54, 1.807) is 17.8 Å². The Morgan fingerprint density at radius 2 is 1.81 bits per heavy atom. The number of hydrogen-bond acceptors (Lipinski definition) is 4. The summed E-state index contributed by atoms with van der Waals surface area (Å²) in [7, 11) is 0. The van der Waals surface area contributed by atoms with E-state index in [9.17, 15) is 9.59 Å². The lowest BCUT2D eigenvalue weighted by Gasteiger charge is -2.12. The molecule has 3 rings (SSSR count). The molecule has 1 saturated carbocycles. The van der Waals surface area contributed by atoms with E-state index < -0.39 is 0 Å². The number of rotatable bonds is 4. The first-order valence-corrected chi connectivity index (χ1v) is 7.91. The lowest BCUT2D eigenvalue weighted by Crippen LogP contribution is -2.37. The van der Waals surface area contributed by atoms with Crippen molar-refractivity contribution in [1.82, 2.24) is 5.32 Å². The fraction of sp³-hybridized carbons (Fsp3) is 0.429. The van der Waals surface area contributed by atoms with Crippen molar-refractivity contribution in [1.29, 1.82) is 0 Å². The van der Waals surface area contributed by atoms with E-state index in [1.165, 1.54) is 0 Å². The number of nitrogens with one attached hydrogen (secondary N) is 3. The first-order valence-electron chi connectivity index (χ1n) is 6.75. The summed E-state index contributed by atoms with van der Waals surface area (Å²) in [5.41, 5.74) is 1.44. The van der Waals surface area contributed by atoms with E-state index in [4.69, 9.17) is 0 Å². The van der Waals surface area contributed by atoms with Crippen LogP contribution in [0.15, 0.2) is 24.3 Å². The number of carbonyl (C=O) groups is 2. The van der Waals surface area contributed by atoms with E-state index in [-0.39, 0.29) is 36.2 Å². The summed E-state index contributed by atoms with van der Waals surface area (Å²) >= 11 is 1.71. The Morgan fingerprint density at radius 3 is 2.38 bits per heavy atom. The molecule has 114 valence electrons. The zero-order chi connectivity index (χ0) is 13.9. The number of benzene rings is 1. The quantitative estimate of drug-likeness (QED) is 0.791. The minimum atomic E-state index is -0.135. The number of hydrogen-bond donors (Lipinski definition) is 3. The van der Waals surface area contributed by atoms with Crippen molar-refractivity contribution in [3.05, 3.63) is 24.3 Å². The number of halogens is 1. The van der Waals surface area contributed by atoms with Crippen LogP contribution in [0.4, 0.5) is 11.4 Å². The first-order chi connectivity index (χ1) is 9.72. The van der Waals surface area contributed by atoms with Gasteiger partial charge in [-0.2, -0.15) is 0 Å². The lowest BCUT2D eigenvalue weighted by molar-refractivity contribution is -0.118. The third kappa shape index (κ3) is 4.36. The van der Waals surface area contributed by atoms with Crippen LogP contribution in [0.3, 0.4) is 0 Å². The summed E-state index contributed by atoms with van der Waals surface area (Å²) in [4.78, 5) is 23.7. The van der Waals surface area contributed by atoms with Gasteiger partial charge in [-0.05, 0) is 31.0 Å². The summed E-state index contributed by atoms with van der Waals surface area (Å²) in [5.74, 6) is 1.83. The van der Waals surface area contributed by atoms with Gasteiger partial charge in [-0.3, -0.25) is 14.9 Å². The largest absolute Gasteiger partial charge is 0.326 e. The second kappa shape index (κ2) is 7.15. The molecule has 21 heavy (non-hydrogen) atoms. The topological polar surface area (TPSA) is 70.2 Å². The highest BCUT2D eigenvalue weighted by Crippen LogP contribution is 2.30. The Balaban J connectivity index is 0.00000161. The van der Waals surface area contributed by atoms with E-state index in [0.717, 1.165) is 30.2 Å². The van der Waals surface area contributed by atoms with Crippen LogP contribution in [0.5, 0.6) is 0 Å². The Morgan fingerprint density at radius 1 is 1.14 bits per heavy atom. The van der Waals surface area contributed by atoms with Gasteiger partial charge >= 0.3 is 0 Å². The van der Waals surface area contributed by atoms with Crippen LogP contribution in [-0.2, 0) is 9.59 Å². The average molecular weight is 328 g/mol. The maximum Gasteiger partial charge on any atom is 0.242 e. The monoisotopic (exact) mass is 327 g/mol. The van der Waals surface area contributed by atoms with Crippen molar-refractivity contribution in [3.8, 4) is 0 Å². The maximum atomic E-state index is 12.0. The van der Waals surface area contributed by atoms with E-state index in [0.29, 0.717) is 5.69 Å². The Hall–Kier alpha value is -1.24. The van der Waals surface area contributed by atoms with Crippen LogP contribution >= 0.6 is 24.2 Å². The van der Waals surface area contributed by atoms with Crippen LogP contribution in [0.1, 0.15) is 12.8 Å². The van der Waals surface area contributed by atoms with Gasteiger partial charge in [0.05, 0.1) is 6.04 Å². The maximum absolute atomic E-state index is 12.0.